The second kappa shape index (κ2) is 4.30. The van der Waals surface area contributed by atoms with Crippen LogP contribution in [0.15, 0.2) is 30.2 Å². The molecule has 3 heterocycles. The zero-order valence-corrected chi connectivity index (χ0v) is 10.5. The highest BCUT2D eigenvalue weighted by Gasteiger charge is 2.11. The molecule has 3 aromatic heterocycles. The van der Waals surface area contributed by atoms with Gasteiger partial charge in [0.25, 0.3) is 0 Å². The highest BCUT2D eigenvalue weighted by Crippen LogP contribution is 2.12. The van der Waals surface area contributed by atoms with Crippen molar-refractivity contribution in [3.63, 3.8) is 0 Å². The Morgan fingerprint density at radius 2 is 2.28 bits per heavy atom. The van der Waals surface area contributed by atoms with Crippen molar-refractivity contribution in [1.29, 1.82) is 0 Å². The van der Waals surface area contributed by atoms with Crippen molar-refractivity contribution in [2.45, 2.75) is 13.3 Å². The van der Waals surface area contributed by atoms with E-state index in [1.807, 2.05) is 29.1 Å². The van der Waals surface area contributed by atoms with Gasteiger partial charge in [-0.3, -0.25) is 14.2 Å². The van der Waals surface area contributed by atoms with Crippen molar-refractivity contribution < 1.29 is 4.79 Å². The van der Waals surface area contributed by atoms with Crippen LogP contribution in [0.5, 0.6) is 0 Å². The molecule has 5 nitrogen and oxygen atoms in total. The number of nitrogens with zero attached hydrogens (tertiary/aromatic N) is 4. The molecular weight excluding hydrogens is 248 g/mol. The van der Waals surface area contributed by atoms with E-state index in [1.165, 1.54) is 6.20 Å². The van der Waals surface area contributed by atoms with Gasteiger partial charge in [-0.1, -0.05) is 0 Å². The van der Waals surface area contributed by atoms with Gasteiger partial charge in [0.1, 0.15) is 5.69 Å². The molecule has 3 aromatic rings. The van der Waals surface area contributed by atoms with Crippen molar-refractivity contribution in [3.8, 4) is 0 Å². The third kappa shape index (κ3) is 2.02. The smallest absolute Gasteiger partial charge is 0.193 e. The Labute approximate surface area is 107 Å². The summed E-state index contributed by atoms with van der Waals surface area (Å²) >= 11 is 1.55. The van der Waals surface area contributed by atoms with Crippen molar-refractivity contribution in [2.24, 2.45) is 0 Å². The van der Waals surface area contributed by atoms with E-state index in [4.69, 9.17) is 0 Å². The molecule has 18 heavy (non-hydrogen) atoms. The van der Waals surface area contributed by atoms with E-state index in [-0.39, 0.29) is 12.2 Å². The Kier molecular flexibility index (Phi) is 2.64. The van der Waals surface area contributed by atoms with Gasteiger partial charge < -0.3 is 0 Å². The van der Waals surface area contributed by atoms with Gasteiger partial charge in [-0.25, -0.2) is 9.97 Å². The molecule has 0 aliphatic rings. The summed E-state index contributed by atoms with van der Waals surface area (Å²) in [5.74, 6) is -0.0618. The predicted molar refractivity (Wildman–Crippen MR) is 67.9 cm³/mol. The maximum absolute atomic E-state index is 12.0. The first-order valence-corrected chi connectivity index (χ1v) is 6.33. The van der Waals surface area contributed by atoms with Crippen LogP contribution in [0.1, 0.15) is 21.9 Å². The van der Waals surface area contributed by atoms with Gasteiger partial charge in [-0.15, -0.1) is 11.3 Å². The minimum Gasteiger partial charge on any atom is -0.297 e. The molecule has 90 valence electrons. The number of carbonyl (C=O) groups is 1. The van der Waals surface area contributed by atoms with Crippen LogP contribution >= 0.6 is 11.3 Å². The normalized spacial score (nSPS) is 10.9. The van der Waals surface area contributed by atoms with E-state index in [1.54, 1.807) is 17.5 Å². The van der Waals surface area contributed by atoms with Crippen molar-refractivity contribution >= 4 is 22.1 Å². The lowest BCUT2D eigenvalue weighted by Crippen LogP contribution is -2.07. The average Bonchev–Trinajstić information content (AvgIpc) is 2.90. The van der Waals surface area contributed by atoms with E-state index in [0.717, 1.165) is 16.3 Å². The second-order valence-corrected chi connectivity index (χ2v) is 4.84. The summed E-state index contributed by atoms with van der Waals surface area (Å²) in [4.78, 5) is 25.4. The standard InChI is InChI=1S/C12H10N4OS/c1-8-5-14-10(6-13-8)11(17)4-9-7-16-2-3-18-12(16)15-9/h2-3,5-7H,4H2,1H3. The molecule has 0 saturated carbocycles. The molecule has 0 aromatic carbocycles. The Morgan fingerprint density at radius 1 is 1.39 bits per heavy atom. The lowest BCUT2D eigenvalue weighted by Gasteiger charge is -1.97. The number of rotatable bonds is 3. The number of fused-ring (bicyclic) bond motifs is 1. The van der Waals surface area contributed by atoms with Crippen molar-refractivity contribution in [3.05, 3.63) is 47.2 Å². The fourth-order valence-corrected chi connectivity index (χ4v) is 2.37. The molecular formula is C12H10N4OS. The molecule has 0 unspecified atom stereocenters. The maximum Gasteiger partial charge on any atom is 0.193 e. The summed E-state index contributed by atoms with van der Waals surface area (Å²) in [5.41, 5.74) is 1.94. The minimum absolute atomic E-state index is 0.0618. The Bertz CT molecular complexity index is 670. The van der Waals surface area contributed by atoms with E-state index in [2.05, 4.69) is 15.0 Å². The van der Waals surface area contributed by atoms with Crippen molar-refractivity contribution in [1.82, 2.24) is 19.4 Å². The van der Waals surface area contributed by atoms with E-state index in [0.29, 0.717) is 5.69 Å². The molecule has 0 aliphatic heterocycles. The van der Waals surface area contributed by atoms with Crippen LogP contribution in [0.25, 0.3) is 4.96 Å². The highest BCUT2D eigenvalue weighted by atomic mass is 32.1. The number of imidazole rings is 1. The molecule has 0 fully saturated rings. The molecule has 0 spiro atoms. The molecule has 3 rings (SSSR count). The first kappa shape index (κ1) is 11.0. The number of aryl methyl sites for hydroxylation is 1. The van der Waals surface area contributed by atoms with Gasteiger partial charge in [-0.05, 0) is 6.92 Å². The Balaban J connectivity index is 1.82. The molecule has 0 radical (unpaired) electrons. The molecule has 0 saturated heterocycles. The molecule has 0 aliphatic carbocycles. The molecule has 0 amide bonds. The average molecular weight is 258 g/mol. The highest BCUT2D eigenvalue weighted by molar-refractivity contribution is 7.15. The molecule has 0 atom stereocenters. The van der Waals surface area contributed by atoms with Gasteiger partial charge >= 0.3 is 0 Å². The SMILES string of the molecule is Cc1cnc(C(=O)Cc2cn3ccsc3n2)cn1. The fourth-order valence-electron chi connectivity index (χ4n) is 1.65. The Morgan fingerprint density at radius 3 is 3.00 bits per heavy atom. The summed E-state index contributed by atoms with van der Waals surface area (Å²) in [6.07, 6.45) is 7.15. The first-order valence-electron chi connectivity index (χ1n) is 5.45. The predicted octanol–water partition coefficient (Wildman–Crippen LogP) is 1.92. The summed E-state index contributed by atoms with van der Waals surface area (Å²) in [7, 11) is 0. The fraction of sp³-hybridized carbons (Fsp3) is 0.167. The molecule has 0 N–H and O–H groups in total. The van der Waals surface area contributed by atoms with Crippen LogP contribution in [-0.4, -0.2) is 25.1 Å². The van der Waals surface area contributed by atoms with Crippen LogP contribution in [0.2, 0.25) is 0 Å². The van der Waals surface area contributed by atoms with Crippen LogP contribution in [0, 0.1) is 6.92 Å². The van der Waals surface area contributed by atoms with Gasteiger partial charge in [0.05, 0.1) is 24.0 Å². The summed E-state index contributed by atoms with van der Waals surface area (Å²) in [6.45, 7) is 1.84. The zero-order valence-electron chi connectivity index (χ0n) is 9.70. The Hall–Kier alpha value is -2.08. The minimum atomic E-state index is -0.0618. The van der Waals surface area contributed by atoms with Crippen molar-refractivity contribution in [2.75, 3.05) is 0 Å². The topological polar surface area (TPSA) is 60.2 Å². The van der Waals surface area contributed by atoms with Crippen LogP contribution < -0.4 is 0 Å². The number of thiazole rings is 1. The lowest BCUT2D eigenvalue weighted by atomic mass is 10.2. The number of ketones is 1. The maximum atomic E-state index is 12.0. The third-order valence-corrected chi connectivity index (χ3v) is 3.32. The van der Waals surface area contributed by atoms with Gasteiger partial charge in [0.15, 0.2) is 10.7 Å². The van der Waals surface area contributed by atoms with E-state index in [9.17, 15) is 4.79 Å². The number of hydrogen-bond donors (Lipinski definition) is 0. The van der Waals surface area contributed by atoms with Crippen LogP contribution in [0.4, 0.5) is 0 Å². The van der Waals surface area contributed by atoms with Crippen LogP contribution in [-0.2, 0) is 6.42 Å². The summed E-state index contributed by atoms with van der Waals surface area (Å²) < 4.78 is 1.91. The number of carbonyl (C=O) groups excluding carboxylic acids is 1. The number of hydrogen-bond acceptors (Lipinski definition) is 5. The molecule has 0 bridgehead atoms. The van der Waals surface area contributed by atoms with E-state index >= 15 is 0 Å². The van der Waals surface area contributed by atoms with Gasteiger partial charge in [0, 0.05) is 24.0 Å². The lowest BCUT2D eigenvalue weighted by molar-refractivity contribution is 0.0987. The van der Waals surface area contributed by atoms with Gasteiger partial charge in [-0.2, -0.15) is 0 Å². The largest absolute Gasteiger partial charge is 0.297 e. The monoisotopic (exact) mass is 258 g/mol. The summed E-state index contributed by atoms with van der Waals surface area (Å²) in [6, 6.07) is 0. The third-order valence-electron chi connectivity index (χ3n) is 2.55. The first-order chi connectivity index (χ1) is 8.72. The van der Waals surface area contributed by atoms with Crippen LogP contribution in [0.3, 0.4) is 0 Å². The summed E-state index contributed by atoms with van der Waals surface area (Å²) in [5, 5.41) is 1.96. The second-order valence-electron chi connectivity index (χ2n) is 3.97. The number of aromatic nitrogens is 4. The number of Topliss-reactive ketones (excluding diaryl/α,β-unsaturated/α-hetero) is 1. The zero-order chi connectivity index (χ0) is 12.5. The molecule has 6 heteroatoms. The quantitative estimate of drug-likeness (QED) is 0.673. The van der Waals surface area contributed by atoms with Gasteiger partial charge in [0.2, 0.25) is 0 Å². The van der Waals surface area contributed by atoms with E-state index < -0.39 is 0 Å².